The SMILES string of the molecule is Cc1ccc(NC(=O)N2CCN(c3cc(-c4ccccc4)ncn3)CC2)cc1C. The predicted molar refractivity (Wildman–Crippen MR) is 116 cm³/mol. The zero-order valence-electron chi connectivity index (χ0n) is 16.8. The number of benzene rings is 2. The van der Waals surface area contributed by atoms with Gasteiger partial charge in [-0.05, 0) is 37.1 Å². The van der Waals surface area contributed by atoms with Gasteiger partial charge in [-0.3, -0.25) is 0 Å². The van der Waals surface area contributed by atoms with Gasteiger partial charge in [-0.1, -0.05) is 36.4 Å². The molecule has 2 amide bonds. The smallest absolute Gasteiger partial charge is 0.321 e. The summed E-state index contributed by atoms with van der Waals surface area (Å²) in [5, 5.41) is 3.01. The second kappa shape index (κ2) is 8.31. The summed E-state index contributed by atoms with van der Waals surface area (Å²) in [6.45, 7) is 6.91. The lowest BCUT2D eigenvalue weighted by Crippen LogP contribution is -2.50. The Morgan fingerprint density at radius 3 is 2.38 bits per heavy atom. The lowest BCUT2D eigenvalue weighted by Gasteiger charge is -2.35. The molecule has 2 aromatic carbocycles. The van der Waals surface area contributed by atoms with Crippen LogP contribution >= 0.6 is 0 Å². The summed E-state index contributed by atoms with van der Waals surface area (Å²) in [7, 11) is 0. The first kappa shape index (κ1) is 18.9. The van der Waals surface area contributed by atoms with Crippen LogP contribution in [0.4, 0.5) is 16.3 Å². The minimum atomic E-state index is -0.0550. The molecule has 0 saturated carbocycles. The number of carbonyl (C=O) groups is 1. The molecular weight excluding hydrogens is 362 g/mol. The Morgan fingerprint density at radius 1 is 0.897 bits per heavy atom. The van der Waals surface area contributed by atoms with Crippen LogP contribution in [0.1, 0.15) is 11.1 Å². The fourth-order valence-electron chi connectivity index (χ4n) is 3.45. The van der Waals surface area contributed by atoms with E-state index < -0.39 is 0 Å². The molecule has 0 bridgehead atoms. The van der Waals surface area contributed by atoms with E-state index in [-0.39, 0.29) is 6.03 Å². The van der Waals surface area contributed by atoms with E-state index in [1.54, 1.807) is 6.33 Å². The first-order valence-electron chi connectivity index (χ1n) is 9.86. The molecule has 1 aliphatic heterocycles. The highest BCUT2D eigenvalue weighted by Gasteiger charge is 2.22. The van der Waals surface area contributed by atoms with Crippen molar-refractivity contribution in [2.24, 2.45) is 0 Å². The van der Waals surface area contributed by atoms with Gasteiger partial charge in [0.25, 0.3) is 0 Å². The van der Waals surface area contributed by atoms with Gasteiger partial charge in [-0.15, -0.1) is 0 Å². The number of hydrogen-bond acceptors (Lipinski definition) is 4. The van der Waals surface area contributed by atoms with E-state index in [1.807, 2.05) is 59.5 Å². The third-order valence-corrected chi connectivity index (χ3v) is 5.37. The van der Waals surface area contributed by atoms with Crippen LogP contribution in [0, 0.1) is 13.8 Å². The molecule has 6 nitrogen and oxygen atoms in total. The number of urea groups is 1. The van der Waals surface area contributed by atoms with Gasteiger partial charge in [0.05, 0.1) is 5.69 Å². The molecule has 0 spiro atoms. The number of anilines is 2. The van der Waals surface area contributed by atoms with Crippen LogP contribution in [0.15, 0.2) is 60.9 Å². The molecule has 1 fully saturated rings. The van der Waals surface area contributed by atoms with Crippen molar-refractivity contribution in [1.29, 1.82) is 0 Å². The van der Waals surface area contributed by atoms with Crippen molar-refractivity contribution in [3.05, 3.63) is 72.1 Å². The molecule has 0 atom stereocenters. The van der Waals surface area contributed by atoms with Crippen molar-refractivity contribution >= 4 is 17.5 Å². The van der Waals surface area contributed by atoms with E-state index in [0.29, 0.717) is 13.1 Å². The van der Waals surface area contributed by atoms with E-state index in [1.165, 1.54) is 11.1 Å². The maximum absolute atomic E-state index is 12.6. The van der Waals surface area contributed by atoms with Crippen LogP contribution in [-0.4, -0.2) is 47.1 Å². The maximum atomic E-state index is 12.6. The van der Waals surface area contributed by atoms with Crippen molar-refractivity contribution in [2.45, 2.75) is 13.8 Å². The average molecular weight is 387 g/mol. The number of rotatable bonds is 3. The Morgan fingerprint density at radius 2 is 1.66 bits per heavy atom. The molecule has 0 aliphatic carbocycles. The van der Waals surface area contributed by atoms with Gasteiger partial charge >= 0.3 is 6.03 Å². The summed E-state index contributed by atoms with van der Waals surface area (Å²) in [4.78, 5) is 25.5. The Labute approximate surface area is 171 Å². The minimum Gasteiger partial charge on any atom is -0.353 e. The molecular formula is C23H25N5O. The standard InChI is InChI=1S/C23H25N5O/c1-17-8-9-20(14-18(17)2)26-23(29)28-12-10-27(11-13-28)22-15-21(24-16-25-22)19-6-4-3-5-7-19/h3-9,14-16H,10-13H2,1-2H3,(H,26,29). The molecule has 148 valence electrons. The largest absolute Gasteiger partial charge is 0.353 e. The monoisotopic (exact) mass is 387 g/mol. The fraction of sp³-hybridized carbons (Fsp3) is 0.261. The summed E-state index contributed by atoms with van der Waals surface area (Å²) >= 11 is 0. The van der Waals surface area contributed by atoms with E-state index in [9.17, 15) is 4.79 Å². The maximum Gasteiger partial charge on any atom is 0.321 e. The molecule has 1 saturated heterocycles. The number of aromatic nitrogens is 2. The van der Waals surface area contributed by atoms with Crippen LogP contribution in [0.5, 0.6) is 0 Å². The van der Waals surface area contributed by atoms with Gasteiger partial charge in [0.1, 0.15) is 12.1 Å². The summed E-state index contributed by atoms with van der Waals surface area (Å²) in [5.41, 5.74) is 5.21. The molecule has 2 heterocycles. The molecule has 0 radical (unpaired) electrons. The number of piperazine rings is 1. The number of amides is 2. The minimum absolute atomic E-state index is 0.0550. The molecule has 29 heavy (non-hydrogen) atoms. The number of nitrogens with one attached hydrogen (secondary N) is 1. The van der Waals surface area contributed by atoms with Crippen molar-refractivity contribution in [1.82, 2.24) is 14.9 Å². The molecule has 1 N–H and O–H groups in total. The van der Waals surface area contributed by atoms with E-state index >= 15 is 0 Å². The second-order valence-corrected chi connectivity index (χ2v) is 7.33. The lowest BCUT2D eigenvalue weighted by molar-refractivity contribution is 0.208. The van der Waals surface area contributed by atoms with Gasteiger partial charge in [0, 0.05) is 43.5 Å². The van der Waals surface area contributed by atoms with Gasteiger partial charge in [-0.2, -0.15) is 0 Å². The molecule has 4 rings (SSSR count). The number of carbonyl (C=O) groups excluding carboxylic acids is 1. The highest BCUT2D eigenvalue weighted by atomic mass is 16.2. The highest BCUT2D eigenvalue weighted by molar-refractivity contribution is 5.89. The molecule has 3 aromatic rings. The van der Waals surface area contributed by atoms with Crippen molar-refractivity contribution in [2.75, 3.05) is 36.4 Å². The van der Waals surface area contributed by atoms with Gasteiger partial charge in [0.15, 0.2) is 0 Å². The van der Waals surface area contributed by atoms with Crippen molar-refractivity contribution in [3.63, 3.8) is 0 Å². The summed E-state index contributed by atoms with van der Waals surface area (Å²) < 4.78 is 0. The number of nitrogens with zero attached hydrogens (tertiary/aromatic N) is 4. The van der Waals surface area contributed by atoms with Crippen LogP contribution in [0.25, 0.3) is 11.3 Å². The van der Waals surface area contributed by atoms with E-state index in [2.05, 4.69) is 34.0 Å². The predicted octanol–water partition coefficient (Wildman–Crippen LogP) is 4.11. The van der Waals surface area contributed by atoms with E-state index in [4.69, 9.17) is 0 Å². The van der Waals surface area contributed by atoms with Gasteiger partial charge < -0.3 is 15.1 Å². The first-order chi connectivity index (χ1) is 14.1. The summed E-state index contributed by atoms with van der Waals surface area (Å²) in [6, 6.07) is 18.0. The fourth-order valence-corrected chi connectivity index (χ4v) is 3.45. The quantitative estimate of drug-likeness (QED) is 0.735. The molecule has 0 unspecified atom stereocenters. The molecule has 1 aliphatic rings. The van der Waals surface area contributed by atoms with Gasteiger partial charge in [-0.25, -0.2) is 14.8 Å². The van der Waals surface area contributed by atoms with Crippen LogP contribution in [0.3, 0.4) is 0 Å². The Bertz CT molecular complexity index is 997. The second-order valence-electron chi connectivity index (χ2n) is 7.33. The summed E-state index contributed by atoms with van der Waals surface area (Å²) in [6.07, 6.45) is 1.61. The van der Waals surface area contributed by atoms with Crippen LogP contribution in [-0.2, 0) is 0 Å². The van der Waals surface area contributed by atoms with Crippen LogP contribution < -0.4 is 10.2 Å². The first-order valence-corrected chi connectivity index (χ1v) is 9.86. The summed E-state index contributed by atoms with van der Waals surface area (Å²) in [5.74, 6) is 0.896. The van der Waals surface area contributed by atoms with E-state index in [0.717, 1.165) is 35.9 Å². The number of hydrogen-bond donors (Lipinski definition) is 1. The molecule has 1 aromatic heterocycles. The zero-order chi connectivity index (χ0) is 20.2. The normalized spacial score (nSPS) is 14.0. The third-order valence-electron chi connectivity index (χ3n) is 5.37. The Kier molecular flexibility index (Phi) is 5.42. The third kappa shape index (κ3) is 4.37. The Hall–Kier alpha value is -3.41. The number of aryl methyl sites for hydroxylation is 2. The van der Waals surface area contributed by atoms with Crippen molar-refractivity contribution < 1.29 is 4.79 Å². The average Bonchev–Trinajstić information content (AvgIpc) is 2.77. The highest BCUT2D eigenvalue weighted by Crippen LogP contribution is 2.21. The van der Waals surface area contributed by atoms with Gasteiger partial charge in [0.2, 0.25) is 0 Å². The Balaban J connectivity index is 1.38. The topological polar surface area (TPSA) is 61.4 Å². The molecule has 6 heteroatoms. The zero-order valence-corrected chi connectivity index (χ0v) is 16.8. The van der Waals surface area contributed by atoms with Crippen molar-refractivity contribution in [3.8, 4) is 11.3 Å². The lowest BCUT2D eigenvalue weighted by atomic mass is 10.1. The van der Waals surface area contributed by atoms with Crippen LogP contribution in [0.2, 0.25) is 0 Å².